The average Bonchev–Trinajstić information content (AvgIpc) is 2.44. The Bertz CT molecular complexity index is 317. The van der Waals surface area contributed by atoms with Gasteiger partial charge in [0, 0.05) is 0 Å². The molecule has 5 unspecified atom stereocenters. The van der Waals surface area contributed by atoms with Gasteiger partial charge in [-0.25, -0.2) is 0 Å². The van der Waals surface area contributed by atoms with E-state index >= 15 is 0 Å². The second-order valence-electron chi connectivity index (χ2n) is 4.50. The first kappa shape index (κ1) is 18.2. The van der Waals surface area contributed by atoms with Crippen LogP contribution in [0, 0.1) is 0 Å². The first-order valence-corrected chi connectivity index (χ1v) is 7.29. The molecule has 1 aliphatic rings. The predicted octanol–water partition coefficient (Wildman–Crippen LogP) is -2.56. The van der Waals surface area contributed by atoms with E-state index in [1.165, 1.54) is 6.08 Å². The van der Waals surface area contributed by atoms with Crippen LogP contribution in [0.3, 0.4) is 0 Å². The van der Waals surface area contributed by atoms with Gasteiger partial charge < -0.3 is 40.7 Å². The van der Waals surface area contributed by atoms with E-state index in [2.05, 4.69) is 0 Å². The maximum atomic E-state index is 9.72. The summed E-state index contributed by atoms with van der Waals surface area (Å²) in [5.41, 5.74) is 5.67. The summed E-state index contributed by atoms with van der Waals surface area (Å²) in [7, 11) is 0. The third-order valence-corrected chi connectivity index (χ3v) is 3.43. The van der Waals surface area contributed by atoms with Crippen molar-refractivity contribution in [3.05, 3.63) is 10.2 Å². The van der Waals surface area contributed by atoms with Crippen molar-refractivity contribution >= 4 is 22.6 Å². The van der Waals surface area contributed by atoms with E-state index < -0.39 is 49.5 Å². The Hall–Kier alpha value is 0.150. The number of ether oxygens (including phenoxy) is 2. The number of aliphatic hydroxyl groups is 5. The largest absolute Gasteiger partial charge is 0.394 e. The number of rotatable bonds is 6. The first-order chi connectivity index (χ1) is 9.42. The van der Waals surface area contributed by atoms with E-state index in [1.807, 2.05) is 22.6 Å². The summed E-state index contributed by atoms with van der Waals surface area (Å²) in [6.45, 7) is -0.665. The van der Waals surface area contributed by atoms with Gasteiger partial charge in [0.25, 0.3) is 0 Å². The second-order valence-corrected chi connectivity index (χ2v) is 5.22. The van der Waals surface area contributed by atoms with E-state index in [0.29, 0.717) is 0 Å². The fourth-order valence-electron chi connectivity index (χ4n) is 1.73. The van der Waals surface area contributed by atoms with Crippen molar-refractivity contribution in [1.29, 1.82) is 0 Å². The Balaban J connectivity index is 2.54. The van der Waals surface area contributed by atoms with Gasteiger partial charge in [0.2, 0.25) is 0 Å². The summed E-state index contributed by atoms with van der Waals surface area (Å²) < 4.78 is 11.9. The van der Waals surface area contributed by atoms with Gasteiger partial charge in [0.1, 0.15) is 24.4 Å². The molecule has 8 nitrogen and oxygen atoms in total. The minimum Gasteiger partial charge on any atom is -0.394 e. The lowest BCUT2D eigenvalue weighted by molar-refractivity contribution is -0.302. The molecule has 1 saturated heterocycles. The SMILES string of the molecule is N[C@@H](COC1OC(CO)C(O)C(O)C1O)[C@H](O)/C=C/I. The molecule has 1 heterocycles. The van der Waals surface area contributed by atoms with E-state index in [1.54, 1.807) is 4.08 Å². The van der Waals surface area contributed by atoms with Crippen molar-refractivity contribution in [2.45, 2.75) is 42.9 Å². The smallest absolute Gasteiger partial charge is 0.186 e. The number of hydrogen-bond acceptors (Lipinski definition) is 8. The van der Waals surface area contributed by atoms with Crippen LogP contribution in [-0.2, 0) is 9.47 Å². The molecule has 0 spiro atoms. The molecule has 0 radical (unpaired) electrons. The molecule has 9 heteroatoms. The van der Waals surface area contributed by atoms with Crippen molar-refractivity contribution < 1.29 is 35.0 Å². The highest BCUT2D eigenvalue weighted by Gasteiger charge is 2.44. The zero-order valence-corrected chi connectivity index (χ0v) is 12.8. The molecule has 0 amide bonds. The maximum Gasteiger partial charge on any atom is 0.186 e. The zero-order chi connectivity index (χ0) is 15.3. The van der Waals surface area contributed by atoms with Gasteiger partial charge in [-0.2, -0.15) is 0 Å². The van der Waals surface area contributed by atoms with Gasteiger partial charge in [-0.3, -0.25) is 0 Å². The molecule has 0 aromatic heterocycles. The standard InChI is InChI=1S/C11H20INO7/c12-2-1-6(15)5(13)4-19-11-10(18)9(17)8(16)7(3-14)20-11/h1-2,5-11,14-18H,3-4,13H2/b2-1+/t5-,6+,7?,8?,9?,10?,11?/m0/s1. The minimum absolute atomic E-state index is 0.134. The molecule has 118 valence electrons. The Morgan fingerprint density at radius 1 is 1.25 bits per heavy atom. The van der Waals surface area contributed by atoms with Gasteiger partial charge >= 0.3 is 0 Å². The third kappa shape index (κ3) is 4.58. The maximum absolute atomic E-state index is 9.72. The first-order valence-electron chi connectivity index (χ1n) is 6.05. The highest BCUT2D eigenvalue weighted by Crippen LogP contribution is 2.22. The van der Waals surface area contributed by atoms with Crippen LogP contribution in [0.5, 0.6) is 0 Å². The van der Waals surface area contributed by atoms with Crippen LogP contribution in [0.2, 0.25) is 0 Å². The van der Waals surface area contributed by atoms with E-state index in [4.69, 9.17) is 20.3 Å². The van der Waals surface area contributed by atoms with Crippen LogP contribution >= 0.6 is 22.6 Å². The summed E-state index contributed by atoms with van der Waals surface area (Å²) in [5, 5.41) is 47.5. The highest BCUT2D eigenvalue weighted by molar-refractivity contribution is 14.1. The fourth-order valence-corrected chi connectivity index (χ4v) is 2.15. The Labute approximate surface area is 129 Å². The summed E-state index contributed by atoms with van der Waals surface area (Å²) in [4.78, 5) is 0. The molecule has 0 aliphatic carbocycles. The molecule has 0 saturated carbocycles. The van der Waals surface area contributed by atoms with Crippen molar-refractivity contribution in [3.63, 3.8) is 0 Å². The van der Waals surface area contributed by atoms with Crippen LogP contribution in [0.25, 0.3) is 0 Å². The summed E-state index contributed by atoms with van der Waals surface area (Å²) in [6, 6.07) is -0.742. The van der Waals surface area contributed by atoms with Crippen LogP contribution < -0.4 is 5.73 Å². The van der Waals surface area contributed by atoms with Crippen LogP contribution in [0.1, 0.15) is 0 Å². The molecule has 7 N–H and O–H groups in total. The normalized spacial score (nSPS) is 38.0. The van der Waals surface area contributed by atoms with Crippen molar-refractivity contribution in [1.82, 2.24) is 0 Å². The Kier molecular flexibility index (Phi) is 7.79. The molecule has 1 fully saturated rings. The molecule has 7 atom stereocenters. The Morgan fingerprint density at radius 3 is 2.45 bits per heavy atom. The lowest BCUT2D eigenvalue weighted by Gasteiger charge is -2.39. The molecular weight excluding hydrogens is 385 g/mol. The lowest BCUT2D eigenvalue weighted by Crippen LogP contribution is -2.59. The third-order valence-electron chi connectivity index (χ3n) is 3.01. The number of aliphatic hydroxyl groups excluding tert-OH is 5. The van der Waals surface area contributed by atoms with Gasteiger partial charge in [-0.15, -0.1) is 0 Å². The molecule has 1 aliphatic heterocycles. The van der Waals surface area contributed by atoms with Crippen LogP contribution in [0.15, 0.2) is 10.2 Å². The summed E-state index contributed by atoms with van der Waals surface area (Å²) in [5.74, 6) is 0. The van der Waals surface area contributed by atoms with Gasteiger partial charge in [0.05, 0.1) is 25.4 Å². The summed E-state index contributed by atoms with van der Waals surface area (Å²) >= 11 is 1.93. The predicted molar refractivity (Wildman–Crippen MR) is 76.9 cm³/mol. The lowest BCUT2D eigenvalue weighted by atomic mass is 9.99. The molecule has 0 aromatic carbocycles. The minimum atomic E-state index is -1.50. The molecular formula is C11H20INO7. The number of nitrogens with two attached hydrogens (primary N) is 1. The van der Waals surface area contributed by atoms with Crippen LogP contribution in [-0.4, -0.2) is 81.6 Å². The zero-order valence-electron chi connectivity index (χ0n) is 10.6. The van der Waals surface area contributed by atoms with Crippen molar-refractivity contribution in [2.75, 3.05) is 13.2 Å². The van der Waals surface area contributed by atoms with Gasteiger partial charge in [0.15, 0.2) is 6.29 Å². The molecule has 0 bridgehead atoms. The van der Waals surface area contributed by atoms with Crippen LogP contribution in [0.4, 0.5) is 0 Å². The highest BCUT2D eigenvalue weighted by atomic mass is 127. The monoisotopic (exact) mass is 405 g/mol. The number of halogens is 1. The molecule has 20 heavy (non-hydrogen) atoms. The number of hydrogen-bond donors (Lipinski definition) is 6. The van der Waals surface area contributed by atoms with E-state index in [-0.39, 0.29) is 6.61 Å². The van der Waals surface area contributed by atoms with E-state index in [9.17, 15) is 20.4 Å². The van der Waals surface area contributed by atoms with Crippen molar-refractivity contribution in [3.8, 4) is 0 Å². The van der Waals surface area contributed by atoms with E-state index in [0.717, 1.165) is 0 Å². The van der Waals surface area contributed by atoms with Crippen molar-refractivity contribution in [2.24, 2.45) is 5.73 Å². The quantitative estimate of drug-likeness (QED) is 0.265. The molecule has 1 rings (SSSR count). The van der Waals surface area contributed by atoms with Gasteiger partial charge in [-0.05, 0) is 10.2 Å². The summed E-state index contributed by atoms with van der Waals surface area (Å²) in [6.07, 6.45) is -6.13. The second kappa shape index (κ2) is 8.56. The molecule has 0 aromatic rings. The van der Waals surface area contributed by atoms with Gasteiger partial charge in [-0.1, -0.05) is 22.6 Å². The fraction of sp³-hybridized carbons (Fsp3) is 0.818. The average molecular weight is 405 g/mol. The Morgan fingerprint density at radius 2 is 1.90 bits per heavy atom. The topological polar surface area (TPSA) is 146 Å².